The van der Waals surface area contributed by atoms with Crippen LogP contribution in [0.15, 0.2) is 0 Å². The number of halogens is 4. The van der Waals surface area contributed by atoms with Crippen molar-refractivity contribution in [2.24, 2.45) is 5.92 Å². The van der Waals surface area contributed by atoms with Crippen molar-refractivity contribution < 1.29 is 32.3 Å². The first-order valence-corrected chi connectivity index (χ1v) is 5.65. The molecule has 2 amide bonds. The Hall–Kier alpha value is -1.54. The third kappa shape index (κ3) is 4.25. The number of urea groups is 1. The molecule has 1 heterocycles. The highest BCUT2D eigenvalue weighted by atomic mass is 19.3. The van der Waals surface area contributed by atoms with Crippen molar-refractivity contribution in [1.82, 2.24) is 10.2 Å². The van der Waals surface area contributed by atoms with Gasteiger partial charge in [0, 0.05) is 13.1 Å². The second-order valence-corrected chi connectivity index (χ2v) is 4.34. The Morgan fingerprint density at radius 3 is 2.58 bits per heavy atom. The van der Waals surface area contributed by atoms with E-state index in [9.17, 15) is 27.2 Å². The second kappa shape index (κ2) is 6.07. The molecule has 0 saturated carbocycles. The molecule has 1 saturated heterocycles. The maximum Gasteiger partial charge on any atom is 0.324 e. The first-order valence-electron chi connectivity index (χ1n) is 5.65. The highest BCUT2D eigenvalue weighted by Gasteiger charge is 2.41. The van der Waals surface area contributed by atoms with Gasteiger partial charge in [-0.05, 0) is 12.8 Å². The zero-order chi connectivity index (χ0) is 14.6. The van der Waals surface area contributed by atoms with Crippen LogP contribution in [-0.2, 0) is 4.79 Å². The van der Waals surface area contributed by atoms with Crippen molar-refractivity contribution in [2.45, 2.75) is 25.2 Å². The molecular weight excluding hydrogens is 272 g/mol. The summed E-state index contributed by atoms with van der Waals surface area (Å²) in [5.41, 5.74) is 0. The Kier molecular flexibility index (Phi) is 4.96. The SMILES string of the molecule is O=C(O)[C@@H]1CCCN(C(=O)NCC(F)(F)C(F)F)C1. The second-order valence-electron chi connectivity index (χ2n) is 4.34. The molecule has 0 aromatic heterocycles. The van der Waals surface area contributed by atoms with E-state index >= 15 is 0 Å². The van der Waals surface area contributed by atoms with E-state index in [1.54, 1.807) is 5.32 Å². The van der Waals surface area contributed by atoms with E-state index in [4.69, 9.17) is 5.11 Å². The van der Waals surface area contributed by atoms with Gasteiger partial charge in [-0.3, -0.25) is 4.79 Å². The van der Waals surface area contributed by atoms with E-state index in [0.717, 1.165) is 4.90 Å². The number of carboxylic acids is 1. The molecule has 1 atom stereocenters. The molecule has 1 rings (SSSR count). The lowest BCUT2D eigenvalue weighted by molar-refractivity contribution is -0.143. The zero-order valence-electron chi connectivity index (χ0n) is 9.91. The molecule has 0 aromatic rings. The number of hydrogen-bond acceptors (Lipinski definition) is 2. The number of hydrogen-bond donors (Lipinski definition) is 2. The summed E-state index contributed by atoms with van der Waals surface area (Å²) in [5.74, 6) is -6.12. The number of carboxylic acid groups (broad SMARTS) is 1. The van der Waals surface area contributed by atoms with Crippen LogP contribution in [0.2, 0.25) is 0 Å². The number of nitrogens with one attached hydrogen (secondary N) is 1. The highest BCUT2D eigenvalue weighted by molar-refractivity contribution is 5.76. The van der Waals surface area contributed by atoms with Crippen molar-refractivity contribution in [2.75, 3.05) is 19.6 Å². The minimum absolute atomic E-state index is 0.110. The molecule has 0 spiro atoms. The van der Waals surface area contributed by atoms with Gasteiger partial charge in [-0.25, -0.2) is 13.6 Å². The number of piperidine rings is 1. The molecule has 19 heavy (non-hydrogen) atoms. The topological polar surface area (TPSA) is 69.6 Å². The number of carbonyl (C=O) groups excluding carboxylic acids is 1. The fourth-order valence-electron chi connectivity index (χ4n) is 1.75. The van der Waals surface area contributed by atoms with Gasteiger partial charge in [0.15, 0.2) is 0 Å². The Bertz CT molecular complexity index is 352. The van der Waals surface area contributed by atoms with Gasteiger partial charge in [0.25, 0.3) is 0 Å². The Labute approximate surface area is 106 Å². The molecule has 0 unspecified atom stereocenters. The largest absolute Gasteiger partial charge is 0.481 e. The van der Waals surface area contributed by atoms with E-state index in [1.165, 1.54) is 0 Å². The molecule has 1 aliphatic heterocycles. The molecular formula is C10H14F4N2O3. The van der Waals surface area contributed by atoms with Crippen LogP contribution >= 0.6 is 0 Å². The predicted octanol–water partition coefficient (Wildman–Crippen LogP) is 1.39. The first-order chi connectivity index (χ1) is 8.74. The summed E-state index contributed by atoms with van der Waals surface area (Å²) < 4.78 is 49.0. The molecule has 0 radical (unpaired) electrons. The first kappa shape index (κ1) is 15.5. The van der Waals surface area contributed by atoms with Crippen LogP contribution in [0.25, 0.3) is 0 Å². The summed E-state index contributed by atoms with van der Waals surface area (Å²) in [7, 11) is 0. The predicted molar refractivity (Wildman–Crippen MR) is 56.3 cm³/mol. The molecule has 2 N–H and O–H groups in total. The van der Waals surface area contributed by atoms with Gasteiger partial charge in [0.1, 0.15) is 0 Å². The summed E-state index contributed by atoms with van der Waals surface area (Å²) >= 11 is 0. The lowest BCUT2D eigenvalue weighted by Crippen LogP contribution is -2.50. The highest BCUT2D eigenvalue weighted by Crippen LogP contribution is 2.22. The number of alkyl halides is 4. The standard InChI is InChI=1S/C10H14F4N2O3/c11-8(12)10(13,14)5-15-9(19)16-3-1-2-6(4-16)7(17)18/h6,8H,1-5H2,(H,15,19)(H,17,18)/t6-/m1/s1. The number of amides is 2. The summed E-state index contributed by atoms with van der Waals surface area (Å²) in [6, 6.07) is -0.953. The van der Waals surface area contributed by atoms with E-state index in [1.807, 2.05) is 0 Å². The third-order valence-electron chi connectivity index (χ3n) is 2.85. The van der Waals surface area contributed by atoms with E-state index in [2.05, 4.69) is 0 Å². The smallest absolute Gasteiger partial charge is 0.324 e. The van der Waals surface area contributed by atoms with Gasteiger partial charge in [-0.15, -0.1) is 0 Å². The molecule has 9 heteroatoms. The Balaban J connectivity index is 2.47. The normalized spacial score (nSPS) is 20.5. The summed E-state index contributed by atoms with van der Waals surface area (Å²) in [6.07, 6.45) is -3.04. The van der Waals surface area contributed by atoms with Crippen molar-refractivity contribution in [3.05, 3.63) is 0 Å². The molecule has 5 nitrogen and oxygen atoms in total. The zero-order valence-corrected chi connectivity index (χ0v) is 9.91. The van der Waals surface area contributed by atoms with Crippen molar-refractivity contribution in [1.29, 1.82) is 0 Å². The van der Waals surface area contributed by atoms with Crippen LogP contribution in [0.4, 0.5) is 22.4 Å². The summed E-state index contributed by atoms with van der Waals surface area (Å²) in [5, 5.41) is 10.5. The lowest BCUT2D eigenvalue weighted by Gasteiger charge is -2.31. The fraction of sp³-hybridized carbons (Fsp3) is 0.800. The number of nitrogens with zero attached hydrogens (tertiary/aromatic N) is 1. The monoisotopic (exact) mass is 286 g/mol. The maximum absolute atomic E-state index is 12.6. The van der Waals surface area contributed by atoms with Crippen molar-refractivity contribution in [3.63, 3.8) is 0 Å². The van der Waals surface area contributed by atoms with E-state index in [-0.39, 0.29) is 13.1 Å². The van der Waals surface area contributed by atoms with Gasteiger partial charge in [-0.2, -0.15) is 8.78 Å². The quantitative estimate of drug-likeness (QED) is 0.767. The number of likely N-dealkylation sites (tertiary alicyclic amines) is 1. The lowest BCUT2D eigenvalue weighted by atomic mass is 9.99. The van der Waals surface area contributed by atoms with Crippen LogP contribution < -0.4 is 5.32 Å². The molecule has 0 aliphatic carbocycles. The number of rotatable bonds is 4. The van der Waals surface area contributed by atoms with Crippen LogP contribution in [0, 0.1) is 5.92 Å². The average Bonchev–Trinajstić information content (AvgIpc) is 2.36. The minimum atomic E-state index is -4.29. The Morgan fingerprint density at radius 2 is 2.05 bits per heavy atom. The van der Waals surface area contributed by atoms with Gasteiger partial charge in [0.05, 0.1) is 12.5 Å². The van der Waals surface area contributed by atoms with Gasteiger partial charge in [0.2, 0.25) is 0 Å². The number of aliphatic carboxylic acids is 1. The van der Waals surface area contributed by atoms with Gasteiger partial charge in [-0.1, -0.05) is 0 Å². The average molecular weight is 286 g/mol. The fourth-order valence-corrected chi connectivity index (χ4v) is 1.75. The molecule has 1 fully saturated rings. The van der Waals surface area contributed by atoms with Crippen LogP contribution in [0.3, 0.4) is 0 Å². The minimum Gasteiger partial charge on any atom is -0.481 e. The number of carbonyl (C=O) groups is 2. The Morgan fingerprint density at radius 1 is 1.42 bits per heavy atom. The molecule has 0 bridgehead atoms. The summed E-state index contributed by atoms with van der Waals surface area (Å²) in [6.45, 7) is -1.37. The van der Waals surface area contributed by atoms with Crippen LogP contribution in [0.1, 0.15) is 12.8 Å². The van der Waals surface area contributed by atoms with Crippen LogP contribution in [-0.4, -0.2) is 54.0 Å². The van der Waals surface area contributed by atoms with Gasteiger partial charge < -0.3 is 15.3 Å². The molecule has 0 aromatic carbocycles. The van der Waals surface area contributed by atoms with Crippen molar-refractivity contribution >= 4 is 12.0 Å². The maximum atomic E-state index is 12.6. The third-order valence-corrected chi connectivity index (χ3v) is 2.85. The van der Waals surface area contributed by atoms with E-state index < -0.39 is 36.8 Å². The molecule has 110 valence electrons. The summed E-state index contributed by atoms with van der Waals surface area (Å²) in [4.78, 5) is 23.3. The van der Waals surface area contributed by atoms with Gasteiger partial charge >= 0.3 is 24.3 Å². The molecule has 1 aliphatic rings. The van der Waals surface area contributed by atoms with Crippen LogP contribution in [0.5, 0.6) is 0 Å². The van der Waals surface area contributed by atoms with Crippen molar-refractivity contribution in [3.8, 4) is 0 Å². The van der Waals surface area contributed by atoms with E-state index in [0.29, 0.717) is 12.8 Å².